The minimum Gasteiger partial charge on any atom is -0.345 e. The number of amides is 1. The molecule has 158 valence electrons. The summed E-state index contributed by atoms with van der Waals surface area (Å²) in [4.78, 5) is 23.4. The Morgan fingerprint density at radius 3 is 2.37 bits per heavy atom. The largest absolute Gasteiger partial charge is 0.345 e. The lowest BCUT2D eigenvalue weighted by Gasteiger charge is -2.14. The van der Waals surface area contributed by atoms with Gasteiger partial charge in [0.05, 0.1) is 23.7 Å². The maximum absolute atomic E-state index is 12.6. The Kier molecular flexibility index (Phi) is 6.00. The van der Waals surface area contributed by atoms with Crippen molar-refractivity contribution in [2.75, 3.05) is 0 Å². The van der Waals surface area contributed by atoms with Gasteiger partial charge in [0.2, 0.25) is 0 Å². The molecular formula is C21H26N6O3. The first-order valence-electron chi connectivity index (χ1n) is 9.83. The van der Waals surface area contributed by atoms with Crippen molar-refractivity contribution in [3.8, 4) is 0 Å². The third-order valence-corrected chi connectivity index (χ3v) is 5.33. The Hall–Kier alpha value is -3.49. The second-order valence-electron chi connectivity index (χ2n) is 7.33. The van der Waals surface area contributed by atoms with E-state index < -0.39 is 4.92 Å². The zero-order chi connectivity index (χ0) is 22.0. The lowest BCUT2D eigenvalue weighted by Crippen LogP contribution is -2.27. The van der Waals surface area contributed by atoms with Crippen LogP contribution in [0.2, 0.25) is 0 Å². The van der Waals surface area contributed by atoms with E-state index in [1.807, 2.05) is 37.6 Å². The number of aryl methyl sites for hydroxylation is 2. The summed E-state index contributed by atoms with van der Waals surface area (Å²) in [7, 11) is 0. The predicted octanol–water partition coefficient (Wildman–Crippen LogP) is 3.47. The summed E-state index contributed by atoms with van der Waals surface area (Å²) in [5.41, 5.74) is 4.43. The monoisotopic (exact) mass is 410 g/mol. The Morgan fingerprint density at radius 1 is 1.17 bits per heavy atom. The molecule has 0 bridgehead atoms. The highest BCUT2D eigenvalue weighted by atomic mass is 16.6. The number of rotatable bonds is 7. The molecule has 3 rings (SSSR count). The molecule has 30 heavy (non-hydrogen) atoms. The fourth-order valence-corrected chi connectivity index (χ4v) is 3.60. The molecule has 3 aromatic rings. The molecule has 9 nitrogen and oxygen atoms in total. The first kappa shape index (κ1) is 21.2. The average molecular weight is 410 g/mol. The average Bonchev–Trinajstić information content (AvgIpc) is 3.21. The number of hydrogen-bond acceptors (Lipinski definition) is 5. The molecule has 0 aliphatic heterocycles. The van der Waals surface area contributed by atoms with E-state index in [0.717, 1.165) is 23.4 Å². The van der Waals surface area contributed by atoms with E-state index in [-0.39, 0.29) is 17.6 Å². The van der Waals surface area contributed by atoms with Crippen LogP contribution in [0.4, 0.5) is 5.69 Å². The molecule has 1 aromatic carbocycles. The number of carbonyl (C=O) groups is 1. The number of hydrogen-bond donors (Lipinski definition) is 1. The SMILES string of the molecule is CCn1ncc(C(C)NC(=O)c2ccc(Cn3nc(C)c([N+](=O)[O-])c3C)cc2)c1C. The first-order valence-corrected chi connectivity index (χ1v) is 9.83. The van der Waals surface area contributed by atoms with E-state index in [9.17, 15) is 14.9 Å². The number of carbonyl (C=O) groups excluding carboxylic acids is 1. The number of nitro groups is 1. The maximum Gasteiger partial charge on any atom is 0.312 e. The fraction of sp³-hybridized carbons (Fsp3) is 0.381. The third-order valence-electron chi connectivity index (χ3n) is 5.33. The topological polar surface area (TPSA) is 108 Å². The van der Waals surface area contributed by atoms with Crippen molar-refractivity contribution in [1.82, 2.24) is 24.9 Å². The number of benzene rings is 1. The first-order chi connectivity index (χ1) is 14.2. The highest BCUT2D eigenvalue weighted by molar-refractivity contribution is 5.94. The predicted molar refractivity (Wildman–Crippen MR) is 112 cm³/mol. The zero-order valence-electron chi connectivity index (χ0n) is 17.8. The molecule has 2 heterocycles. The summed E-state index contributed by atoms with van der Waals surface area (Å²) in [6.07, 6.45) is 1.79. The van der Waals surface area contributed by atoms with Gasteiger partial charge < -0.3 is 5.32 Å². The number of nitrogens with one attached hydrogen (secondary N) is 1. The van der Waals surface area contributed by atoms with E-state index in [1.54, 1.807) is 36.9 Å². The van der Waals surface area contributed by atoms with Crippen molar-refractivity contribution >= 4 is 11.6 Å². The van der Waals surface area contributed by atoms with Crippen LogP contribution in [-0.2, 0) is 13.1 Å². The molecule has 0 saturated carbocycles. The highest BCUT2D eigenvalue weighted by Gasteiger charge is 2.22. The van der Waals surface area contributed by atoms with E-state index >= 15 is 0 Å². The summed E-state index contributed by atoms with van der Waals surface area (Å²) >= 11 is 0. The molecule has 1 N–H and O–H groups in total. The van der Waals surface area contributed by atoms with Crippen LogP contribution >= 0.6 is 0 Å². The van der Waals surface area contributed by atoms with Crippen LogP contribution in [0.1, 0.15) is 58.5 Å². The van der Waals surface area contributed by atoms with Crippen molar-refractivity contribution in [2.45, 2.75) is 53.8 Å². The second kappa shape index (κ2) is 8.48. The van der Waals surface area contributed by atoms with Gasteiger partial charge in [-0.05, 0) is 52.3 Å². The van der Waals surface area contributed by atoms with Crippen molar-refractivity contribution in [3.05, 3.63) is 74.3 Å². The van der Waals surface area contributed by atoms with Gasteiger partial charge in [-0.3, -0.25) is 24.3 Å². The van der Waals surface area contributed by atoms with Crippen molar-refractivity contribution < 1.29 is 9.72 Å². The van der Waals surface area contributed by atoms with E-state index in [1.165, 1.54) is 0 Å². The van der Waals surface area contributed by atoms with E-state index in [0.29, 0.717) is 23.5 Å². The van der Waals surface area contributed by atoms with Crippen LogP contribution in [0.5, 0.6) is 0 Å². The summed E-state index contributed by atoms with van der Waals surface area (Å²) < 4.78 is 3.51. The molecule has 0 radical (unpaired) electrons. The minimum absolute atomic E-state index is 0.0432. The zero-order valence-corrected chi connectivity index (χ0v) is 17.8. The van der Waals surface area contributed by atoms with Gasteiger partial charge in [0.1, 0.15) is 11.4 Å². The number of aromatic nitrogens is 4. The van der Waals surface area contributed by atoms with Gasteiger partial charge in [-0.25, -0.2) is 0 Å². The molecule has 2 aromatic heterocycles. The normalized spacial score (nSPS) is 12.0. The second-order valence-corrected chi connectivity index (χ2v) is 7.33. The molecule has 0 spiro atoms. The molecule has 1 unspecified atom stereocenters. The van der Waals surface area contributed by atoms with Crippen LogP contribution in [0.3, 0.4) is 0 Å². The van der Waals surface area contributed by atoms with Gasteiger partial charge in [0.15, 0.2) is 0 Å². The van der Waals surface area contributed by atoms with Crippen LogP contribution in [0.15, 0.2) is 30.5 Å². The Balaban J connectivity index is 1.69. The summed E-state index contributed by atoms with van der Waals surface area (Å²) in [5, 5.41) is 22.8. The summed E-state index contributed by atoms with van der Waals surface area (Å²) in [6.45, 7) is 10.4. The lowest BCUT2D eigenvalue weighted by molar-refractivity contribution is -0.386. The quantitative estimate of drug-likeness (QED) is 0.474. The Labute approximate surface area is 174 Å². The van der Waals surface area contributed by atoms with Crippen molar-refractivity contribution in [2.24, 2.45) is 0 Å². The maximum atomic E-state index is 12.6. The summed E-state index contributed by atoms with van der Waals surface area (Å²) in [5.74, 6) is -0.167. The molecule has 0 aliphatic rings. The third kappa shape index (κ3) is 4.10. The minimum atomic E-state index is -0.408. The van der Waals surface area contributed by atoms with Gasteiger partial charge in [-0.15, -0.1) is 0 Å². The molecule has 1 atom stereocenters. The molecule has 1 amide bonds. The van der Waals surface area contributed by atoms with E-state index in [2.05, 4.69) is 15.5 Å². The van der Waals surface area contributed by atoms with E-state index in [4.69, 9.17) is 0 Å². The van der Waals surface area contributed by atoms with Crippen molar-refractivity contribution in [1.29, 1.82) is 0 Å². The fourth-order valence-electron chi connectivity index (χ4n) is 3.60. The lowest BCUT2D eigenvalue weighted by atomic mass is 10.1. The smallest absolute Gasteiger partial charge is 0.312 e. The highest BCUT2D eigenvalue weighted by Crippen LogP contribution is 2.23. The molecule has 0 fully saturated rings. The molecule has 9 heteroatoms. The molecule has 0 aliphatic carbocycles. The van der Waals surface area contributed by atoms with Crippen molar-refractivity contribution in [3.63, 3.8) is 0 Å². The van der Waals surface area contributed by atoms with Gasteiger partial charge in [-0.1, -0.05) is 12.1 Å². The van der Waals surface area contributed by atoms with Gasteiger partial charge in [0, 0.05) is 23.4 Å². The Bertz CT molecular complexity index is 1080. The van der Waals surface area contributed by atoms with Crippen LogP contribution in [-0.4, -0.2) is 30.4 Å². The van der Waals surface area contributed by atoms with Gasteiger partial charge in [-0.2, -0.15) is 10.2 Å². The van der Waals surface area contributed by atoms with Crippen LogP contribution < -0.4 is 5.32 Å². The van der Waals surface area contributed by atoms with Crippen LogP contribution in [0, 0.1) is 30.9 Å². The van der Waals surface area contributed by atoms with Crippen LogP contribution in [0.25, 0.3) is 0 Å². The molecule has 0 saturated heterocycles. The van der Waals surface area contributed by atoms with Gasteiger partial charge in [0.25, 0.3) is 5.91 Å². The number of nitrogens with zero attached hydrogens (tertiary/aromatic N) is 5. The standard InChI is InChI=1S/C21H26N6O3/c1-6-25-15(4)19(11-22-25)13(2)23-21(28)18-9-7-17(8-10-18)12-26-16(5)20(27(29)30)14(3)24-26/h7-11,13H,6,12H2,1-5H3,(H,23,28). The van der Waals surface area contributed by atoms with Gasteiger partial charge >= 0.3 is 5.69 Å². The Morgan fingerprint density at radius 2 is 1.83 bits per heavy atom. The molecular weight excluding hydrogens is 384 g/mol. The summed E-state index contributed by atoms with van der Waals surface area (Å²) in [6, 6.07) is 7.01.